The molecular weight excluding hydrogens is 336 g/mol. The number of rotatable bonds is 11. The summed E-state index contributed by atoms with van der Waals surface area (Å²) in [4.78, 5) is 11.6. The third-order valence-corrected chi connectivity index (χ3v) is 4.54. The fourth-order valence-electron chi connectivity index (χ4n) is 1.86. The number of ether oxygens (including phenoxy) is 3. The van der Waals surface area contributed by atoms with E-state index in [-0.39, 0.29) is 23.8 Å². The highest BCUT2D eigenvalue weighted by Crippen LogP contribution is 2.29. The van der Waals surface area contributed by atoms with Crippen LogP contribution in [0, 0.1) is 0 Å². The van der Waals surface area contributed by atoms with Crippen LogP contribution in [0.3, 0.4) is 0 Å². The molecule has 0 spiro atoms. The lowest BCUT2D eigenvalue weighted by Gasteiger charge is -2.11. The van der Waals surface area contributed by atoms with E-state index in [1.54, 1.807) is 0 Å². The van der Waals surface area contributed by atoms with Crippen molar-refractivity contribution in [3.63, 3.8) is 0 Å². The Labute approximate surface area is 142 Å². The molecule has 0 heterocycles. The Morgan fingerprint density at radius 3 is 2.46 bits per heavy atom. The van der Waals surface area contributed by atoms with Gasteiger partial charge in [-0.05, 0) is 19.1 Å². The van der Waals surface area contributed by atoms with Gasteiger partial charge in [0, 0.05) is 32.2 Å². The molecule has 0 unspecified atom stereocenters. The molecule has 0 aliphatic rings. The molecule has 0 atom stereocenters. The van der Waals surface area contributed by atoms with Crippen molar-refractivity contribution in [2.75, 3.05) is 40.5 Å². The molecule has 0 fully saturated rings. The number of hydrogen-bond acceptors (Lipinski definition) is 6. The first-order chi connectivity index (χ1) is 11.4. The van der Waals surface area contributed by atoms with E-state index >= 15 is 0 Å². The molecule has 2 N–H and O–H groups in total. The van der Waals surface area contributed by atoms with Gasteiger partial charge in [-0.15, -0.1) is 0 Å². The average Bonchev–Trinajstić information content (AvgIpc) is 2.57. The average molecular weight is 360 g/mol. The quantitative estimate of drug-likeness (QED) is 0.558. The molecular formula is C15H24N2O6S. The van der Waals surface area contributed by atoms with Gasteiger partial charge in [-0.1, -0.05) is 0 Å². The standard InChI is InChI=1S/C15H24N2O6S/c1-4-23-10-9-16-15(18)7-8-17-24(19,20)12-5-6-13(21-2)14(11-12)22-3/h5-6,11,17H,4,7-10H2,1-3H3,(H,16,18). The molecule has 0 saturated heterocycles. The van der Waals surface area contributed by atoms with Crippen LogP contribution in [0.25, 0.3) is 0 Å². The molecule has 1 aromatic rings. The Morgan fingerprint density at radius 1 is 1.12 bits per heavy atom. The lowest BCUT2D eigenvalue weighted by Crippen LogP contribution is -2.32. The highest BCUT2D eigenvalue weighted by atomic mass is 32.2. The maximum Gasteiger partial charge on any atom is 0.240 e. The van der Waals surface area contributed by atoms with Crippen LogP contribution in [0.5, 0.6) is 11.5 Å². The predicted molar refractivity (Wildman–Crippen MR) is 88.9 cm³/mol. The Morgan fingerprint density at radius 2 is 1.83 bits per heavy atom. The van der Waals surface area contributed by atoms with Gasteiger partial charge in [0.15, 0.2) is 11.5 Å². The molecule has 0 bridgehead atoms. The van der Waals surface area contributed by atoms with E-state index in [0.717, 1.165) is 0 Å². The molecule has 136 valence electrons. The zero-order valence-corrected chi connectivity index (χ0v) is 14.9. The van der Waals surface area contributed by atoms with E-state index in [9.17, 15) is 13.2 Å². The summed E-state index contributed by atoms with van der Waals surface area (Å²) in [6, 6.07) is 4.28. The number of benzene rings is 1. The number of sulfonamides is 1. The maximum atomic E-state index is 12.2. The first kappa shape index (κ1) is 20.2. The zero-order chi connectivity index (χ0) is 18.0. The molecule has 24 heavy (non-hydrogen) atoms. The van der Waals surface area contributed by atoms with Crippen LogP contribution in [-0.4, -0.2) is 54.8 Å². The summed E-state index contributed by atoms with van der Waals surface area (Å²) < 4.78 is 42.1. The molecule has 8 nitrogen and oxygen atoms in total. The van der Waals surface area contributed by atoms with Crippen molar-refractivity contribution in [2.24, 2.45) is 0 Å². The number of carbonyl (C=O) groups is 1. The summed E-state index contributed by atoms with van der Waals surface area (Å²) in [7, 11) is -0.841. The molecule has 1 amide bonds. The Kier molecular flexibility index (Phi) is 8.51. The number of nitrogens with one attached hydrogen (secondary N) is 2. The maximum absolute atomic E-state index is 12.2. The molecule has 1 aromatic carbocycles. The molecule has 0 aliphatic heterocycles. The minimum absolute atomic E-state index is 0.00283. The van der Waals surface area contributed by atoms with Crippen LogP contribution in [0.4, 0.5) is 0 Å². The molecule has 0 saturated carbocycles. The second-order valence-corrected chi connectivity index (χ2v) is 6.48. The zero-order valence-electron chi connectivity index (χ0n) is 14.1. The highest BCUT2D eigenvalue weighted by Gasteiger charge is 2.17. The summed E-state index contributed by atoms with van der Waals surface area (Å²) in [6.07, 6.45) is 0.0403. The van der Waals surface area contributed by atoms with Gasteiger partial charge in [0.2, 0.25) is 15.9 Å². The lowest BCUT2D eigenvalue weighted by atomic mass is 10.3. The molecule has 0 radical (unpaired) electrons. The van der Waals surface area contributed by atoms with E-state index in [4.69, 9.17) is 14.2 Å². The van der Waals surface area contributed by atoms with E-state index in [1.165, 1.54) is 32.4 Å². The number of hydrogen-bond donors (Lipinski definition) is 2. The van der Waals surface area contributed by atoms with Crippen LogP contribution in [0.1, 0.15) is 13.3 Å². The van der Waals surface area contributed by atoms with Crippen molar-refractivity contribution in [3.05, 3.63) is 18.2 Å². The largest absolute Gasteiger partial charge is 0.493 e. The highest BCUT2D eigenvalue weighted by molar-refractivity contribution is 7.89. The van der Waals surface area contributed by atoms with Crippen molar-refractivity contribution in [2.45, 2.75) is 18.2 Å². The second-order valence-electron chi connectivity index (χ2n) is 4.71. The third-order valence-electron chi connectivity index (χ3n) is 3.08. The van der Waals surface area contributed by atoms with Crippen molar-refractivity contribution in [1.82, 2.24) is 10.0 Å². The van der Waals surface area contributed by atoms with Gasteiger partial charge >= 0.3 is 0 Å². The molecule has 0 aliphatic carbocycles. The van der Waals surface area contributed by atoms with Gasteiger partial charge < -0.3 is 19.5 Å². The summed E-state index contributed by atoms with van der Waals surface area (Å²) in [6.45, 7) is 3.28. The normalized spacial score (nSPS) is 11.1. The summed E-state index contributed by atoms with van der Waals surface area (Å²) in [5.41, 5.74) is 0. The first-order valence-corrected chi connectivity index (χ1v) is 8.99. The van der Waals surface area contributed by atoms with Gasteiger partial charge in [0.05, 0.1) is 25.7 Å². The number of methoxy groups -OCH3 is 2. The Balaban J connectivity index is 2.53. The van der Waals surface area contributed by atoms with E-state index in [0.29, 0.717) is 31.3 Å². The number of amides is 1. The monoisotopic (exact) mass is 360 g/mol. The van der Waals surface area contributed by atoms with Crippen LogP contribution in [-0.2, 0) is 19.6 Å². The summed E-state index contributed by atoms with van der Waals surface area (Å²) in [5, 5.41) is 2.64. The first-order valence-electron chi connectivity index (χ1n) is 7.50. The van der Waals surface area contributed by atoms with Crippen LogP contribution < -0.4 is 19.5 Å². The van der Waals surface area contributed by atoms with Crippen molar-refractivity contribution < 1.29 is 27.4 Å². The van der Waals surface area contributed by atoms with E-state index in [1.807, 2.05) is 6.92 Å². The van der Waals surface area contributed by atoms with Gasteiger partial charge in [-0.2, -0.15) is 0 Å². The van der Waals surface area contributed by atoms with Crippen molar-refractivity contribution >= 4 is 15.9 Å². The smallest absolute Gasteiger partial charge is 0.240 e. The fourth-order valence-corrected chi connectivity index (χ4v) is 2.91. The molecule has 0 aromatic heterocycles. The lowest BCUT2D eigenvalue weighted by molar-refractivity contribution is -0.121. The van der Waals surface area contributed by atoms with Crippen molar-refractivity contribution in [1.29, 1.82) is 0 Å². The second kappa shape index (κ2) is 10.1. The Hall–Kier alpha value is -1.84. The van der Waals surface area contributed by atoms with Gasteiger partial charge in [0.1, 0.15) is 0 Å². The van der Waals surface area contributed by atoms with Gasteiger partial charge in [0.25, 0.3) is 0 Å². The van der Waals surface area contributed by atoms with Crippen LogP contribution in [0.15, 0.2) is 23.1 Å². The summed E-state index contributed by atoms with van der Waals surface area (Å²) >= 11 is 0. The minimum Gasteiger partial charge on any atom is -0.493 e. The number of carbonyl (C=O) groups excluding carboxylic acids is 1. The van der Waals surface area contributed by atoms with Crippen molar-refractivity contribution in [3.8, 4) is 11.5 Å². The Bertz CT molecular complexity index is 633. The van der Waals surface area contributed by atoms with E-state index in [2.05, 4.69) is 10.0 Å². The predicted octanol–water partition coefficient (Wildman–Crippen LogP) is 0.525. The molecule has 9 heteroatoms. The summed E-state index contributed by atoms with van der Waals surface area (Å²) in [5.74, 6) is 0.504. The SMILES string of the molecule is CCOCCNC(=O)CCNS(=O)(=O)c1ccc(OC)c(OC)c1. The third kappa shape index (κ3) is 6.34. The van der Waals surface area contributed by atoms with Gasteiger partial charge in [-0.25, -0.2) is 13.1 Å². The van der Waals surface area contributed by atoms with Crippen LogP contribution in [0.2, 0.25) is 0 Å². The minimum atomic E-state index is -3.73. The van der Waals surface area contributed by atoms with E-state index < -0.39 is 10.0 Å². The van der Waals surface area contributed by atoms with Gasteiger partial charge in [-0.3, -0.25) is 4.79 Å². The van der Waals surface area contributed by atoms with Crippen LogP contribution >= 0.6 is 0 Å². The topological polar surface area (TPSA) is 103 Å². The fraction of sp³-hybridized carbons (Fsp3) is 0.533. The molecule has 1 rings (SSSR count).